The smallest absolute Gasteiger partial charge is 0.243 e. The van der Waals surface area contributed by atoms with Crippen molar-refractivity contribution in [1.82, 2.24) is 30.3 Å². The summed E-state index contributed by atoms with van der Waals surface area (Å²) in [5, 5.41) is 11.6. The summed E-state index contributed by atoms with van der Waals surface area (Å²) < 4.78 is 1.98. The van der Waals surface area contributed by atoms with Crippen molar-refractivity contribution in [3.63, 3.8) is 0 Å². The Bertz CT molecular complexity index is 940. The zero-order chi connectivity index (χ0) is 21.1. The van der Waals surface area contributed by atoms with Crippen molar-refractivity contribution in [2.45, 2.75) is 57.7 Å². The van der Waals surface area contributed by atoms with Gasteiger partial charge in [0.05, 0.1) is 6.54 Å². The summed E-state index contributed by atoms with van der Waals surface area (Å²) in [4.78, 5) is 22.8. The highest BCUT2D eigenvalue weighted by atomic mass is 127. The number of likely N-dealkylation sites (N-methyl/N-ethyl adjacent to an activating group) is 1. The molecule has 1 aliphatic carbocycles. The lowest BCUT2D eigenvalue weighted by Gasteiger charge is -2.30. The SMILES string of the molecule is Cc1nc2n(n1)CC(NC(=NCC(=O)N(C)C)NC1CCc3ccccc3C1)CC2.I. The van der Waals surface area contributed by atoms with E-state index in [0.717, 1.165) is 50.3 Å². The van der Waals surface area contributed by atoms with Gasteiger partial charge in [0.15, 0.2) is 5.96 Å². The second kappa shape index (κ2) is 10.4. The number of aromatic nitrogens is 3. The molecule has 2 aliphatic rings. The van der Waals surface area contributed by atoms with Gasteiger partial charge in [-0.05, 0) is 43.7 Å². The van der Waals surface area contributed by atoms with Crippen LogP contribution >= 0.6 is 24.0 Å². The number of rotatable bonds is 4. The number of aliphatic imine (C=N–C) groups is 1. The molecule has 0 saturated heterocycles. The normalized spacial score (nSPS) is 20.2. The third-order valence-electron chi connectivity index (χ3n) is 5.86. The summed E-state index contributed by atoms with van der Waals surface area (Å²) in [6.07, 6.45) is 4.93. The number of nitrogens with one attached hydrogen (secondary N) is 2. The summed E-state index contributed by atoms with van der Waals surface area (Å²) in [6, 6.07) is 9.14. The zero-order valence-electron chi connectivity index (χ0n) is 18.5. The van der Waals surface area contributed by atoms with E-state index in [1.807, 2.05) is 11.6 Å². The quantitative estimate of drug-likeness (QED) is 0.353. The first-order chi connectivity index (χ1) is 14.5. The lowest BCUT2D eigenvalue weighted by Crippen LogP contribution is -2.51. The molecule has 0 saturated carbocycles. The van der Waals surface area contributed by atoms with Gasteiger partial charge in [0.1, 0.15) is 18.2 Å². The fourth-order valence-corrected chi connectivity index (χ4v) is 4.18. The van der Waals surface area contributed by atoms with Crippen LogP contribution in [0, 0.1) is 6.92 Å². The van der Waals surface area contributed by atoms with E-state index in [4.69, 9.17) is 0 Å². The van der Waals surface area contributed by atoms with Crippen LogP contribution in [0.3, 0.4) is 0 Å². The highest BCUT2D eigenvalue weighted by Gasteiger charge is 2.24. The summed E-state index contributed by atoms with van der Waals surface area (Å²) in [7, 11) is 3.51. The summed E-state index contributed by atoms with van der Waals surface area (Å²) in [5.74, 6) is 2.56. The molecule has 2 heterocycles. The topological polar surface area (TPSA) is 87.4 Å². The molecule has 1 aromatic heterocycles. The molecular weight excluding hydrogens is 505 g/mol. The van der Waals surface area contributed by atoms with Crippen LogP contribution < -0.4 is 10.6 Å². The average Bonchev–Trinajstić information content (AvgIpc) is 3.10. The van der Waals surface area contributed by atoms with Gasteiger partial charge in [-0.1, -0.05) is 24.3 Å². The number of hydrogen-bond acceptors (Lipinski definition) is 4. The van der Waals surface area contributed by atoms with Gasteiger partial charge in [0.2, 0.25) is 5.91 Å². The van der Waals surface area contributed by atoms with E-state index >= 15 is 0 Å². The van der Waals surface area contributed by atoms with Gasteiger partial charge < -0.3 is 15.5 Å². The minimum atomic E-state index is -0.0112. The number of aryl methyl sites for hydroxylation is 3. The van der Waals surface area contributed by atoms with Crippen LogP contribution in [0.1, 0.15) is 35.6 Å². The second-order valence-electron chi connectivity index (χ2n) is 8.44. The largest absolute Gasteiger partial charge is 0.353 e. The van der Waals surface area contributed by atoms with Gasteiger partial charge in [-0.3, -0.25) is 4.79 Å². The molecule has 1 aromatic carbocycles. The highest BCUT2D eigenvalue weighted by Crippen LogP contribution is 2.21. The molecule has 1 amide bonds. The predicted octanol–water partition coefficient (Wildman–Crippen LogP) is 1.70. The number of fused-ring (bicyclic) bond motifs is 2. The molecule has 0 spiro atoms. The lowest BCUT2D eigenvalue weighted by molar-refractivity contribution is -0.127. The van der Waals surface area contributed by atoms with Crippen molar-refractivity contribution in [2.24, 2.45) is 4.99 Å². The van der Waals surface area contributed by atoms with Crippen LogP contribution in [-0.2, 0) is 30.6 Å². The first-order valence-electron chi connectivity index (χ1n) is 10.7. The zero-order valence-corrected chi connectivity index (χ0v) is 20.8. The molecular formula is C22H32IN7O. The molecule has 2 atom stereocenters. The molecule has 8 nitrogen and oxygen atoms in total. The molecule has 1 aliphatic heterocycles. The van der Waals surface area contributed by atoms with Gasteiger partial charge >= 0.3 is 0 Å². The van der Waals surface area contributed by atoms with Gasteiger partial charge in [-0.15, -0.1) is 24.0 Å². The first kappa shape index (κ1) is 23.5. The molecule has 2 aromatic rings. The minimum Gasteiger partial charge on any atom is -0.353 e. The van der Waals surface area contributed by atoms with Gasteiger partial charge in [0, 0.05) is 32.6 Å². The number of guanidine groups is 1. The van der Waals surface area contributed by atoms with E-state index in [2.05, 4.69) is 50.0 Å². The monoisotopic (exact) mass is 537 g/mol. The van der Waals surface area contributed by atoms with Gasteiger partial charge in [0.25, 0.3) is 0 Å². The highest BCUT2D eigenvalue weighted by molar-refractivity contribution is 14.0. The van der Waals surface area contributed by atoms with Crippen molar-refractivity contribution in [3.05, 3.63) is 47.0 Å². The van der Waals surface area contributed by atoms with Gasteiger partial charge in [-0.25, -0.2) is 14.7 Å². The van der Waals surface area contributed by atoms with Crippen LogP contribution in [0.5, 0.6) is 0 Å². The Morgan fingerprint density at radius 3 is 2.65 bits per heavy atom. The number of halogens is 1. The minimum absolute atomic E-state index is 0. The molecule has 2 N–H and O–H groups in total. The Morgan fingerprint density at radius 2 is 1.87 bits per heavy atom. The Kier molecular flexibility index (Phi) is 7.90. The number of carbonyl (C=O) groups is 1. The van der Waals surface area contributed by atoms with E-state index in [1.165, 1.54) is 11.1 Å². The Hall–Kier alpha value is -2.17. The molecule has 0 radical (unpaired) electrons. The fourth-order valence-electron chi connectivity index (χ4n) is 4.18. The standard InChI is InChI=1S/C22H31N7O.HI/c1-15-24-20-11-10-19(14-29(20)27-15)26-22(23-13-21(30)28(2)3)25-18-9-8-16-6-4-5-7-17(16)12-18;/h4-7,18-19H,8-14H2,1-3H3,(H2,23,25,26);1H. The van der Waals surface area contributed by atoms with Crippen LogP contribution in [0.25, 0.3) is 0 Å². The molecule has 0 bridgehead atoms. The number of hydrogen-bond donors (Lipinski definition) is 2. The maximum atomic E-state index is 12.1. The predicted molar refractivity (Wildman–Crippen MR) is 132 cm³/mol. The molecule has 2 unspecified atom stereocenters. The van der Waals surface area contributed by atoms with Crippen LogP contribution in [-0.4, -0.2) is 64.3 Å². The van der Waals surface area contributed by atoms with Crippen molar-refractivity contribution < 1.29 is 4.79 Å². The van der Waals surface area contributed by atoms with E-state index in [0.29, 0.717) is 12.0 Å². The number of nitrogens with zero attached hydrogens (tertiary/aromatic N) is 5. The van der Waals surface area contributed by atoms with Crippen LogP contribution in [0.2, 0.25) is 0 Å². The number of carbonyl (C=O) groups excluding carboxylic acids is 1. The molecule has 0 fully saturated rings. The number of benzene rings is 1. The third-order valence-corrected chi connectivity index (χ3v) is 5.86. The Morgan fingerprint density at radius 1 is 1.16 bits per heavy atom. The molecule has 4 rings (SSSR count). The Balaban J connectivity index is 0.00000272. The molecule has 9 heteroatoms. The maximum absolute atomic E-state index is 12.1. The van der Waals surface area contributed by atoms with Crippen molar-refractivity contribution in [3.8, 4) is 0 Å². The van der Waals surface area contributed by atoms with Crippen molar-refractivity contribution in [2.75, 3.05) is 20.6 Å². The van der Waals surface area contributed by atoms with Crippen molar-refractivity contribution in [1.29, 1.82) is 0 Å². The van der Waals surface area contributed by atoms with E-state index < -0.39 is 0 Å². The molecule has 168 valence electrons. The van der Waals surface area contributed by atoms with Gasteiger partial charge in [-0.2, -0.15) is 5.10 Å². The van der Waals surface area contributed by atoms with E-state index in [1.54, 1.807) is 19.0 Å². The van der Waals surface area contributed by atoms with Crippen molar-refractivity contribution >= 4 is 35.8 Å². The summed E-state index contributed by atoms with van der Waals surface area (Å²) >= 11 is 0. The lowest BCUT2D eigenvalue weighted by atomic mass is 9.88. The Labute approximate surface area is 200 Å². The first-order valence-corrected chi connectivity index (χ1v) is 10.7. The maximum Gasteiger partial charge on any atom is 0.243 e. The average molecular weight is 537 g/mol. The second-order valence-corrected chi connectivity index (χ2v) is 8.44. The molecule has 31 heavy (non-hydrogen) atoms. The number of amides is 1. The van der Waals surface area contributed by atoms with Crippen LogP contribution in [0.15, 0.2) is 29.3 Å². The fraction of sp³-hybridized carbons (Fsp3) is 0.545. The van der Waals surface area contributed by atoms with E-state index in [9.17, 15) is 4.79 Å². The summed E-state index contributed by atoms with van der Waals surface area (Å²) in [5.41, 5.74) is 2.83. The third kappa shape index (κ3) is 5.96. The van der Waals surface area contributed by atoms with E-state index in [-0.39, 0.29) is 42.5 Å². The van der Waals surface area contributed by atoms with Crippen LogP contribution in [0.4, 0.5) is 0 Å². The summed E-state index contributed by atoms with van der Waals surface area (Å²) in [6.45, 7) is 2.81.